The maximum Gasteiger partial charge on any atom is 0.432 e. The van der Waals surface area contributed by atoms with Crippen molar-refractivity contribution in [2.24, 2.45) is 0 Å². The summed E-state index contributed by atoms with van der Waals surface area (Å²) in [6.45, 7) is 1.46. The Bertz CT molecular complexity index is 1520. The molecule has 2 N–H and O–H groups in total. The van der Waals surface area contributed by atoms with E-state index < -0.39 is 52.6 Å². The van der Waals surface area contributed by atoms with Crippen LogP contribution in [0.2, 0.25) is 5.02 Å². The number of carbonyl (C=O) groups excluding carboxylic acids is 1. The summed E-state index contributed by atoms with van der Waals surface area (Å²) >= 11 is 6.04. The van der Waals surface area contributed by atoms with Crippen molar-refractivity contribution < 1.29 is 46.8 Å². The van der Waals surface area contributed by atoms with E-state index in [-0.39, 0.29) is 34.1 Å². The maximum absolute atomic E-state index is 14.0. The number of allylic oxidation sites excluding steroid dienone is 2. The van der Waals surface area contributed by atoms with Crippen molar-refractivity contribution in [3.05, 3.63) is 87.5 Å². The van der Waals surface area contributed by atoms with E-state index in [9.17, 15) is 33.0 Å². The normalized spacial score (nSPS) is 19.6. The Labute approximate surface area is 230 Å². The average molecular weight is 581 g/mol. The third-order valence-electron chi connectivity index (χ3n) is 6.30. The first-order valence-corrected chi connectivity index (χ1v) is 12.3. The Morgan fingerprint density at radius 2 is 1.85 bits per heavy atom. The quantitative estimate of drug-likeness (QED) is 0.190. The third-order valence-corrected chi connectivity index (χ3v) is 6.70. The van der Waals surface area contributed by atoms with Gasteiger partial charge in [-0.2, -0.15) is 13.2 Å². The van der Waals surface area contributed by atoms with Crippen molar-refractivity contribution in [2.75, 3.05) is 7.11 Å². The van der Waals surface area contributed by atoms with Crippen LogP contribution in [-0.2, 0) is 24.6 Å². The summed E-state index contributed by atoms with van der Waals surface area (Å²) in [7, 11) is 0.802. The first kappa shape index (κ1) is 29.2. The van der Waals surface area contributed by atoms with E-state index in [1.165, 1.54) is 37.3 Å². The number of hydrogen-bond donors (Lipinski definition) is 2. The number of alkyl halides is 3. The molecule has 0 unspecified atom stereocenters. The molecule has 4 atom stereocenters. The molecule has 12 heteroatoms. The monoisotopic (exact) mass is 580 g/mol. The zero-order valence-corrected chi connectivity index (χ0v) is 21.9. The van der Waals surface area contributed by atoms with Crippen LogP contribution in [0.4, 0.5) is 13.2 Å². The lowest BCUT2D eigenvalue weighted by Crippen LogP contribution is -2.52. The zero-order valence-electron chi connectivity index (χ0n) is 21.1. The highest BCUT2D eigenvalue weighted by molar-refractivity contribution is 6.37. The number of benzene rings is 2. The van der Waals surface area contributed by atoms with Crippen molar-refractivity contribution in [1.82, 2.24) is 0 Å². The second-order valence-electron chi connectivity index (χ2n) is 9.04. The minimum atomic E-state index is -5.07. The lowest BCUT2D eigenvalue weighted by atomic mass is 9.92. The van der Waals surface area contributed by atoms with E-state index in [2.05, 4.69) is 0 Å². The summed E-state index contributed by atoms with van der Waals surface area (Å²) in [6, 6.07) is 8.87. The predicted octanol–water partition coefficient (Wildman–Crippen LogP) is 5.62. The van der Waals surface area contributed by atoms with E-state index in [1.54, 1.807) is 18.2 Å². The third kappa shape index (κ3) is 5.72. The van der Waals surface area contributed by atoms with Gasteiger partial charge >= 0.3 is 17.8 Å². The van der Waals surface area contributed by atoms with Crippen molar-refractivity contribution >= 4 is 34.4 Å². The van der Waals surface area contributed by atoms with Gasteiger partial charge in [-0.3, -0.25) is 0 Å². The average Bonchev–Trinajstić information content (AvgIpc) is 3.62. The molecule has 0 bridgehead atoms. The van der Waals surface area contributed by atoms with Crippen molar-refractivity contribution in [2.45, 2.75) is 43.4 Å². The molecule has 0 amide bonds. The Morgan fingerprint density at radius 1 is 1.15 bits per heavy atom. The number of rotatable bonds is 9. The molecule has 0 aliphatic carbocycles. The molecule has 0 spiro atoms. The standard InChI is InChI=1S/C28H24ClF3O8/c1-15(38-26(36)27(37-2,28(30,31)32)16-8-4-3-5-9-16)12-22-21(40-22)11-7-6-10-17-13-18-23(25(35)39-17)19(33)14-20(34)24(18)29/h3-11,13-15,21-22,33-34H,12H2,1-2H3/b10-6+,11-7-/t15-,21-,22-,27+/m1/s1. The largest absolute Gasteiger partial charge is 0.507 e. The van der Waals surface area contributed by atoms with Crippen LogP contribution >= 0.6 is 11.6 Å². The van der Waals surface area contributed by atoms with Crippen LogP contribution in [0.3, 0.4) is 0 Å². The molecule has 4 rings (SSSR count). The van der Waals surface area contributed by atoms with Gasteiger partial charge in [-0.25, -0.2) is 9.59 Å². The molecule has 1 fully saturated rings. The summed E-state index contributed by atoms with van der Waals surface area (Å²) in [5.74, 6) is -2.33. The Morgan fingerprint density at radius 3 is 2.50 bits per heavy atom. The zero-order chi connectivity index (χ0) is 29.2. The van der Waals surface area contributed by atoms with Gasteiger partial charge in [0.2, 0.25) is 0 Å². The fraction of sp³-hybridized carbons (Fsp3) is 0.286. The number of phenols is 2. The summed E-state index contributed by atoms with van der Waals surface area (Å²) in [5, 5.41) is 19.5. The minimum absolute atomic E-state index is 0.104. The molecule has 1 saturated heterocycles. The number of esters is 1. The predicted molar refractivity (Wildman–Crippen MR) is 139 cm³/mol. The van der Waals surface area contributed by atoms with Crippen molar-refractivity contribution in [3.63, 3.8) is 0 Å². The van der Waals surface area contributed by atoms with Crippen LogP contribution in [0.15, 0.2) is 69.9 Å². The Balaban J connectivity index is 1.37. The van der Waals surface area contributed by atoms with Crippen molar-refractivity contribution in [3.8, 4) is 11.5 Å². The molecular weight excluding hydrogens is 557 g/mol. The van der Waals surface area contributed by atoms with Crippen LogP contribution in [0.5, 0.6) is 11.5 Å². The van der Waals surface area contributed by atoms with Crippen molar-refractivity contribution in [1.29, 1.82) is 0 Å². The van der Waals surface area contributed by atoms with Crippen LogP contribution in [-0.4, -0.2) is 47.8 Å². The van der Waals surface area contributed by atoms with Gasteiger partial charge in [-0.15, -0.1) is 0 Å². The number of fused-ring (bicyclic) bond motifs is 1. The molecule has 2 aromatic carbocycles. The second-order valence-corrected chi connectivity index (χ2v) is 9.42. The summed E-state index contributed by atoms with van der Waals surface area (Å²) in [4.78, 5) is 25.0. The van der Waals surface area contributed by atoms with Crippen LogP contribution < -0.4 is 5.63 Å². The highest BCUT2D eigenvalue weighted by Gasteiger charge is 2.64. The molecule has 0 saturated carbocycles. The number of hydrogen-bond acceptors (Lipinski definition) is 8. The van der Waals surface area contributed by atoms with Crippen LogP contribution in [0.1, 0.15) is 24.7 Å². The van der Waals surface area contributed by atoms with Gasteiger partial charge in [0.15, 0.2) is 0 Å². The number of ether oxygens (including phenoxy) is 3. The van der Waals surface area contributed by atoms with Gasteiger partial charge < -0.3 is 28.8 Å². The molecule has 40 heavy (non-hydrogen) atoms. The number of aromatic hydroxyl groups is 2. The molecule has 1 aliphatic rings. The lowest BCUT2D eigenvalue weighted by molar-refractivity contribution is -0.278. The summed E-state index contributed by atoms with van der Waals surface area (Å²) in [5.41, 5.74) is -4.50. The Kier molecular flexibility index (Phi) is 8.29. The number of methoxy groups -OCH3 is 1. The van der Waals surface area contributed by atoms with Gasteiger partial charge in [0.25, 0.3) is 5.60 Å². The molecule has 1 aliphatic heterocycles. The van der Waals surface area contributed by atoms with E-state index in [1.807, 2.05) is 0 Å². The Hall–Kier alpha value is -3.80. The minimum Gasteiger partial charge on any atom is -0.507 e. The lowest BCUT2D eigenvalue weighted by Gasteiger charge is -2.33. The van der Waals surface area contributed by atoms with E-state index in [0.29, 0.717) is 0 Å². The molecule has 8 nitrogen and oxygen atoms in total. The number of epoxide rings is 1. The molecule has 2 heterocycles. The number of halogens is 4. The highest BCUT2D eigenvalue weighted by atomic mass is 35.5. The van der Waals surface area contributed by atoms with Gasteiger partial charge in [0.05, 0.1) is 11.1 Å². The van der Waals surface area contributed by atoms with Gasteiger partial charge in [-0.1, -0.05) is 60.2 Å². The van der Waals surface area contributed by atoms with E-state index in [4.69, 9.17) is 30.2 Å². The SMILES string of the molecule is CO[C@](C(=O)O[C@H](C)C[C@H]1O[C@@H]1/C=C\C=C\c1cc2c(Cl)c(O)cc(O)c2c(=O)o1)(c1ccccc1)C(F)(F)F. The number of phenolic OH excluding ortho intramolecular Hbond substituents is 2. The van der Waals surface area contributed by atoms with Gasteiger partial charge in [0, 0.05) is 30.5 Å². The fourth-order valence-corrected chi connectivity index (χ4v) is 4.48. The summed E-state index contributed by atoms with van der Waals surface area (Å²) < 4.78 is 62.6. The molecular formula is C28H24ClF3O8. The molecule has 0 radical (unpaired) electrons. The second kappa shape index (κ2) is 11.4. The molecule has 3 aromatic rings. The molecule has 212 valence electrons. The van der Waals surface area contributed by atoms with Crippen LogP contribution in [0, 0.1) is 0 Å². The highest BCUT2D eigenvalue weighted by Crippen LogP contribution is 2.43. The first-order chi connectivity index (χ1) is 18.9. The van der Waals surface area contributed by atoms with E-state index in [0.717, 1.165) is 25.3 Å². The van der Waals surface area contributed by atoms with E-state index >= 15 is 0 Å². The number of carbonyl (C=O) groups is 1. The van der Waals surface area contributed by atoms with Gasteiger partial charge in [-0.05, 0) is 19.1 Å². The maximum atomic E-state index is 14.0. The smallest absolute Gasteiger partial charge is 0.432 e. The fourth-order valence-electron chi connectivity index (χ4n) is 4.28. The molecule has 1 aromatic heterocycles. The van der Waals surface area contributed by atoms with Gasteiger partial charge in [0.1, 0.15) is 34.9 Å². The summed E-state index contributed by atoms with van der Waals surface area (Å²) in [6.07, 6.45) is -0.346. The topological polar surface area (TPSA) is 119 Å². The van der Waals surface area contributed by atoms with Crippen LogP contribution in [0.25, 0.3) is 16.8 Å². The first-order valence-electron chi connectivity index (χ1n) is 12.0.